The molecule has 0 radical (unpaired) electrons. The van der Waals surface area contributed by atoms with Crippen LogP contribution in [0.3, 0.4) is 0 Å². The number of rotatable bonds is 8. The Bertz CT molecular complexity index is 518. The van der Waals surface area contributed by atoms with Gasteiger partial charge in [0, 0.05) is 0 Å². The zero-order valence-corrected chi connectivity index (χ0v) is 12.7. The minimum absolute atomic E-state index is 0.0639. The highest BCUT2D eigenvalue weighted by Gasteiger charge is 2.83. The van der Waals surface area contributed by atoms with E-state index in [0.29, 0.717) is 0 Å². The molecule has 0 spiro atoms. The predicted octanol–water partition coefficient (Wildman–Crippen LogP) is 5.51. The molecule has 19 heteroatoms. The second-order valence-electron chi connectivity index (χ2n) is 5.31. The molecule has 0 aliphatic heterocycles. The lowest BCUT2D eigenvalue weighted by atomic mass is 10.0. The number of hydrogen-bond donors (Lipinski definition) is 1. The van der Waals surface area contributed by atoms with Crippen molar-refractivity contribution in [3.63, 3.8) is 0 Å². The van der Waals surface area contributed by atoms with E-state index in [-0.39, 0.29) is 5.32 Å². The van der Waals surface area contributed by atoms with Crippen molar-refractivity contribution in [3.05, 3.63) is 0 Å². The van der Waals surface area contributed by atoms with Gasteiger partial charge in [0.05, 0.1) is 13.1 Å². The molecule has 1 N–H and O–H groups in total. The van der Waals surface area contributed by atoms with Gasteiger partial charge in [0.15, 0.2) is 0 Å². The van der Waals surface area contributed by atoms with Gasteiger partial charge in [-0.05, 0) is 0 Å². The molecule has 0 amide bonds. The smallest absolute Gasteiger partial charge is 0.305 e. The Morgan fingerprint density at radius 2 is 0.552 bits per heavy atom. The van der Waals surface area contributed by atoms with Crippen LogP contribution in [0.2, 0.25) is 0 Å². The molecule has 0 fully saturated rings. The summed E-state index contributed by atoms with van der Waals surface area (Å²) in [4.78, 5) is 0. The van der Waals surface area contributed by atoms with E-state index < -0.39 is 61.0 Å². The maximum Gasteiger partial charge on any atom is 0.460 e. The van der Waals surface area contributed by atoms with Crippen LogP contribution in [-0.4, -0.2) is 61.0 Å². The van der Waals surface area contributed by atoms with Gasteiger partial charge in [-0.15, -0.1) is 0 Å². The molecule has 0 rings (SSSR count). The monoisotopic (exact) mass is 481 g/mol. The largest absolute Gasteiger partial charge is 0.460 e. The van der Waals surface area contributed by atoms with Crippen LogP contribution in [0, 0.1) is 0 Å². The van der Waals surface area contributed by atoms with E-state index in [1.54, 1.807) is 0 Å². The van der Waals surface area contributed by atoms with Crippen LogP contribution in [0.15, 0.2) is 0 Å². The summed E-state index contributed by atoms with van der Waals surface area (Å²) in [5, 5.41) is 0.0639. The van der Waals surface area contributed by atoms with E-state index in [2.05, 4.69) is 0 Å². The summed E-state index contributed by atoms with van der Waals surface area (Å²) in [7, 11) is 0. The van der Waals surface area contributed by atoms with Crippen LogP contribution in [0.5, 0.6) is 0 Å². The number of alkyl halides is 18. The fourth-order valence-corrected chi connectivity index (χ4v) is 1.41. The van der Waals surface area contributed by atoms with Gasteiger partial charge in [-0.25, -0.2) is 0 Å². The Labute approximate surface area is 147 Å². The third-order valence-electron chi connectivity index (χ3n) is 3.11. The van der Waals surface area contributed by atoms with Gasteiger partial charge in [-0.2, -0.15) is 79.0 Å². The minimum atomic E-state index is -7.47. The topological polar surface area (TPSA) is 12.0 Å². The molecule has 0 aliphatic rings. The van der Waals surface area contributed by atoms with Crippen molar-refractivity contribution in [1.82, 2.24) is 5.32 Å². The Morgan fingerprint density at radius 3 is 0.724 bits per heavy atom. The van der Waals surface area contributed by atoms with Gasteiger partial charge in [-0.1, -0.05) is 0 Å². The number of nitrogens with one attached hydrogen (secondary N) is 1. The zero-order valence-electron chi connectivity index (χ0n) is 12.7. The van der Waals surface area contributed by atoms with Crippen LogP contribution in [0.4, 0.5) is 79.0 Å². The first-order chi connectivity index (χ1) is 12.2. The molecule has 0 heterocycles. The predicted molar refractivity (Wildman–Crippen MR) is 54.7 cm³/mol. The highest BCUT2D eigenvalue weighted by Crippen LogP contribution is 2.54. The molecule has 0 aromatic rings. The lowest BCUT2D eigenvalue weighted by Crippen LogP contribution is -2.65. The van der Waals surface area contributed by atoms with E-state index in [0.717, 1.165) is 0 Å². The van der Waals surface area contributed by atoms with E-state index in [1.165, 1.54) is 0 Å². The summed E-state index contributed by atoms with van der Waals surface area (Å²) >= 11 is 0. The van der Waals surface area contributed by atoms with E-state index in [9.17, 15) is 79.0 Å². The second-order valence-corrected chi connectivity index (χ2v) is 5.31. The molecule has 1 nitrogen and oxygen atoms in total. The lowest BCUT2D eigenvalue weighted by molar-refractivity contribution is -0.398. The average Bonchev–Trinajstić information content (AvgIpc) is 2.43. The third-order valence-corrected chi connectivity index (χ3v) is 3.11. The first-order valence-electron chi connectivity index (χ1n) is 6.32. The summed E-state index contributed by atoms with van der Waals surface area (Å²) in [6.45, 7) is -6.73. The van der Waals surface area contributed by atoms with Crippen LogP contribution in [-0.2, 0) is 0 Å². The van der Waals surface area contributed by atoms with Gasteiger partial charge >= 0.3 is 47.9 Å². The summed E-state index contributed by atoms with van der Waals surface area (Å²) < 4.78 is 224. The highest BCUT2D eigenvalue weighted by molar-refractivity contribution is 5.03. The maximum absolute atomic E-state index is 13.0. The molecule has 0 unspecified atom stereocenters. The van der Waals surface area contributed by atoms with Gasteiger partial charge < -0.3 is 5.32 Å². The molecule has 0 saturated heterocycles. The SMILES string of the molecule is FC(F)(F)C(F)(F)C(F)(F)C(F)(F)CNCC(F)(F)C(F)(F)C(F)(F)C(F)(F)F. The third kappa shape index (κ3) is 4.42. The highest BCUT2D eigenvalue weighted by atomic mass is 19.4. The Morgan fingerprint density at radius 1 is 0.345 bits per heavy atom. The van der Waals surface area contributed by atoms with E-state index in [1.807, 2.05) is 0 Å². The fourth-order valence-electron chi connectivity index (χ4n) is 1.41. The molecule has 0 aromatic heterocycles. The number of hydrogen-bond acceptors (Lipinski definition) is 1. The van der Waals surface area contributed by atoms with Gasteiger partial charge in [0.25, 0.3) is 0 Å². The minimum Gasteiger partial charge on any atom is -0.305 e. The first-order valence-corrected chi connectivity index (χ1v) is 6.32. The Hall–Kier alpha value is -1.30. The van der Waals surface area contributed by atoms with Gasteiger partial charge in [0.2, 0.25) is 0 Å². The quantitative estimate of drug-likeness (QED) is 0.451. The molecule has 176 valence electrons. The van der Waals surface area contributed by atoms with E-state index in [4.69, 9.17) is 0 Å². The van der Waals surface area contributed by atoms with Crippen LogP contribution in [0.1, 0.15) is 0 Å². The average molecular weight is 481 g/mol. The van der Waals surface area contributed by atoms with Crippen molar-refractivity contribution in [2.45, 2.75) is 47.9 Å². The molecule has 0 atom stereocenters. The zero-order chi connectivity index (χ0) is 24.1. The van der Waals surface area contributed by atoms with Crippen molar-refractivity contribution in [2.75, 3.05) is 13.1 Å². The summed E-state index contributed by atoms with van der Waals surface area (Å²) in [5.41, 5.74) is 0. The Balaban J connectivity index is 5.55. The number of halogens is 18. The molecule has 29 heavy (non-hydrogen) atoms. The maximum atomic E-state index is 13.0. The Kier molecular flexibility index (Phi) is 6.82. The summed E-state index contributed by atoms with van der Waals surface area (Å²) in [5.74, 6) is -42.9. The van der Waals surface area contributed by atoms with Crippen LogP contribution in [0.25, 0.3) is 0 Å². The van der Waals surface area contributed by atoms with Crippen molar-refractivity contribution >= 4 is 0 Å². The molecule has 0 aromatic carbocycles. The lowest BCUT2D eigenvalue weighted by Gasteiger charge is -2.35. The molecular weight excluding hydrogens is 476 g/mol. The van der Waals surface area contributed by atoms with Crippen LogP contribution < -0.4 is 5.32 Å². The van der Waals surface area contributed by atoms with Crippen molar-refractivity contribution < 1.29 is 79.0 Å². The molecule has 0 aliphatic carbocycles. The molecular formula is C10H5F18N. The fraction of sp³-hybridized carbons (Fsp3) is 1.00. The van der Waals surface area contributed by atoms with E-state index >= 15 is 0 Å². The molecule has 0 saturated carbocycles. The summed E-state index contributed by atoms with van der Waals surface area (Å²) in [6.07, 6.45) is -14.6. The standard InChI is InChI=1S/C10H5F18N/c11-3(12,5(15,16)7(19,20)9(23,24)25)1-29-2-4(13,14)6(17,18)8(21,22)10(26,27)28/h29H,1-2H2. The van der Waals surface area contributed by atoms with Crippen molar-refractivity contribution in [3.8, 4) is 0 Å². The van der Waals surface area contributed by atoms with Crippen LogP contribution >= 0.6 is 0 Å². The van der Waals surface area contributed by atoms with Gasteiger partial charge in [0.1, 0.15) is 0 Å². The van der Waals surface area contributed by atoms with Crippen molar-refractivity contribution in [1.29, 1.82) is 0 Å². The first kappa shape index (κ1) is 27.7. The van der Waals surface area contributed by atoms with Gasteiger partial charge in [-0.3, -0.25) is 0 Å². The molecule has 0 bridgehead atoms. The van der Waals surface area contributed by atoms with Crippen molar-refractivity contribution in [2.24, 2.45) is 0 Å². The normalized spacial score (nSPS) is 16.3. The second kappa shape index (κ2) is 7.14. The summed E-state index contributed by atoms with van der Waals surface area (Å²) in [6, 6.07) is 0.